The van der Waals surface area contributed by atoms with Crippen LogP contribution in [0.4, 0.5) is 0 Å². The number of hydrogen-bond acceptors (Lipinski definition) is 10. The minimum absolute atomic E-state index is 0.135. The van der Waals surface area contributed by atoms with Crippen molar-refractivity contribution in [3.8, 4) is 34.5 Å². The standard InChI is InChI=1S/C33H39N3O9/c1-18(2)33(39)45-30-25(42-7)14-15-34-29(30)32(38)36-20(4)31(37)35-19(3)28(21-10-12-23(40-5)26(16-21)43-8)22-11-13-24(41-6)27(17-22)44-9/h10-18,20H,1-9H3,(H,35,37)(H,36,38)/t20-/m0/s1. The molecule has 0 aliphatic rings. The molecule has 2 aromatic carbocycles. The van der Waals surface area contributed by atoms with E-state index in [-0.39, 0.29) is 17.2 Å². The molecule has 3 rings (SSSR count). The number of nitrogens with zero attached hydrogens (tertiary/aromatic N) is 1. The molecule has 1 atom stereocenters. The van der Waals surface area contributed by atoms with Crippen molar-refractivity contribution < 1.29 is 42.8 Å². The zero-order chi connectivity index (χ0) is 33.3. The van der Waals surface area contributed by atoms with Crippen molar-refractivity contribution in [1.29, 1.82) is 0 Å². The molecule has 0 bridgehead atoms. The van der Waals surface area contributed by atoms with Crippen LogP contribution < -0.4 is 39.1 Å². The minimum atomic E-state index is -1.02. The third-order valence-corrected chi connectivity index (χ3v) is 6.75. The highest BCUT2D eigenvalue weighted by Crippen LogP contribution is 2.37. The first-order valence-electron chi connectivity index (χ1n) is 14.0. The molecule has 0 radical (unpaired) electrons. The van der Waals surface area contributed by atoms with Gasteiger partial charge in [-0.3, -0.25) is 14.4 Å². The van der Waals surface area contributed by atoms with Gasteiger partial charge in [-0.15, -0.1) is 0 Å². The van der Waals surface area contributed by atoms with E-state index in [0.29, 0.717) is 45.4 Å². The summed E-state index contributed by atoms with van der Waals surface area (Å²) in [6, 6.07) is 11.2. The van der Waals surface area contributed by atoms with Gasteiger partial charge in [0.2, 0.25) is 11.7 Å². The summed E-state index contributed by atoms with van der Waals surface area (Å²) in [6.07, 6.45) is 1.34. The number of carbonyl (C=O) groups is 3. The number of allylic oxidation sites excluding steroid dienone is 1. The fraction of sp³-hybridized carbons (Fsp3) is 0.333. The van der Waals surface area contributed by atoms with Gasteiger partial charge in [0.15, 0.2) is 34.4 Å². The van der Waals surface area contributed by atoms with Gasteiger partial charge in [-0.25, -0.2) is 4.98 Å². The summed E-state index contributed by atoms with van der Waals surface area (Å²) in [6.45, 7) is 6.58. The smallest absolute Gasteiger partial charge is 0.313 e. The Morgan fingerprint density at radius 1 is 0.711 bits per heavy atom. The van der Waals surface area contributed by atoms with Crippen LogP contribution in [0.5, 0.6) is 34.5 Å². The molecule has 2 N–H and O–H groups in total. The number of hydrogen-bond donors (Lipinski definition) is 2. The molecular formula is C33H39N3O9. The Labute approximate surface area is 262 Å². The average Bonchev–Trinajstić information content (AvgIpc) is 3.04. The molecule has 45 heavy (non-hydrogen) atoms. The lowest BCUT2D eigenvalue weighted by atomic mass is 9.95. The summed E-state index contributed by atoms with van der Waals surface area (Å²) < 4.78 is 32.5. The first-order valence-corrected chi connectivity index (χ1v) is 14.0. The molecular weight excluding hydrogens is 582 g/mol. The van der Waals surface area contributed by atoms with Crippen LogP contribution in [0.1, 0.15) is 49.3 Å². The lowest BCUT2D eigenvalue weighted by molar-refractivity contribution is -0.137. The fourth-order valence-electron chi connectivity index (χ4n) is 4.34. The van der Waals surface area contributed by atoms with Gasteiger partial charge in [-0.05, 0) is 49.2 Å². The zero-order valence-electron chi connectivity index (χ0n) is 26.9. The van der Waals surface area contributed by atoms with Crippen LogP contribution in [0.25, 0.3) is 5.57 Å². The number of ether oxygens (including phenoxy) is 6. The van der Waals surface area contributed by atoms with Crippen LogP contribution in [0.15, 0.2) is 54.4 Å². The van der Waals surface area contributed by atoms with E-state index >= 15 is 0 Å². The summed E-state index contributed by atoms with van der Waals surface area (Å²) in [7, 11) is 7.53. The van der Waals surface area contributed by atoms with Gasteiger partial charge in [0.1, 0.15) is 6.04 Å². The highest BCUT2D eigenvalue weighted by molar-refractivity contribution is 6.00. The van der Waals surface area contributed by atoms with E-state index in [9.17, 15) is 14.4 Å². The Bertz CT molecular complexity index is 1530. The van der Waals surface area contributed by atoms with Crippen LogP contribution in [0.2, 0.25) is 0 Å². The van der Waals surface area contributed by atoms with Gasteiger partial charge >= 0.3 is 5.97 Å². The van der Waals surface area contributed by atoms with Crippen LogP contribution in [0, 0.1) is 5.92 Å². The molecule has 0 aliphatic carbocycles. The number of methoxy groups -OCH3 is 5. The molecule has 12 heteroatoms. The molecule has 0 unspecified atom stereocenters. The SMILES string of the molecule is COc1ccc(C(=C(C)NC(=O)[C@H](C)NC(=O)c2nccc(OC)c2OC(=O)C(C)C)c2ccc(OC)c(OC)c2)cc1OC. The molecule has 0 aliphatic heterocycles. The third kappa shape index (κ3) is 8.02. The van der Waals surface area contributed by atoms with Crippen LogP contribution >= 0.6 is 0 Å². The predicted octanol–water partition coefficient (Wildman–Crippen LogP) is 4.40. The van der Waals surface area contributed by atoms with E-state index in [4.69, 9.17) is 28.4 Å². The third-order valence-electron chi connectivity index (χ3n) is 6.75. The lowest BCUT2D eigenvalue weighted by Gasteiger charge is -2.20. The van der Waals surface area contributed by atoms with Gasteiger partial charge in [-0.1, -0.05) is 26.0 Å². The maximum Gasteiger partial charge on any atom is 0.313 e. The minimum Gasteiger partial charge on any atom is -0.493 e. The number of esters is 1. The number of amides is 2. The van der Waals surface area contributed by atoms with E-state index < -0.39 is 29.7 Å². The first-order chi connectivity index (χ1) is 21.5. The van der Waals surface area contributed by atoms with Crippen LogP contribution in [-0.2, 0) is 9.59 Å². The second kappa shape index (κ2) is 15.5. The first kappa shape index (κ1) is 34.2. The van der Waals surface area contributed by atoms with Crippen molar-refractivity contribution in [3.63, 3.8) is 0 Å². The lowest BCUT2D eigenvalue weighted by Crippen LogP contribution is -2.44. The van der Waals surface area contributed by atoms with Crippen molar-refractivity contribution in [2.45, 2.75) is 33.7 Å². The zero-order valence-corrected chi connectivity index (χ0v) is 26.9. The van der Waals surface area contributed by atoms with Crippen molar-refractivity contribution in [1.82, 2.24) is 15.6 Å². The largest absolute Gasteiger partial charge is 0.493 e. The Morgan fingerprint density at radius 3 is 1.69 bits per heavy atom. The number of carbonyl (C=O) groups excluding carboxylic acids is 3. The Morgan fingerprint density at radius 2 is 1.22 bits per heavy atom. The Hall–Kier alpha value is -5.26. The number of pyridine rings is 1. The molecule has 1 aromatic heterocycles. The average molecular weight is 622 g/mol. The fourth-order valence-corrected chi connectivity index (χ4v) is 4.34. The summed E-state index contributed by atoms with van der Waals surface area (Å²) in [4.78, 5) is 43.1. The Kier molecular flexibility index (Phi) is 11.8. The highest BCUT2D eigenvalue weighted by Gasteiger charge is 2.26. The summed E-state index contributed by atoms with van der Waals surface area (Å²) in [5.74, 6) is -0.201. The second-order valence-electron chi connectivity index (χ2n) is 10.1. The quantitative estimate of drug-likeness (QED) is 0.264. The van der Waals surface area contributed by atoms with E-state index in [1.165, 1.54) is 40.5 Å². The molecule has 12 nitrogen and oxygen atoms in total. The van der Waals surface area contributed by atoms with Crippen molar-refractivity contribution in [2.75, 3.05) is 35.5 Å². The molecule has 0 spiro atoms. The van der Waals surface area contributed by atoms with Gasteiger partial charge in [0.25, 0.3) is 5.91 Å². The van der Waals surface area contributed by atoms with Gasteiger partial charge in [0, 0.05) is 23.5 Å². The number of aromatic nitrogens is 1. The van der Waals surface area contributed by atoms with E-state index in [0.717, 1.165) is 0 Å². The van der Waals surface area contributed by atoms with Crippen molar-refractivity contribution in [2.24, 2.45) is 5.92 Å². The maximum absolute atomic E-state index is 13.4. The second-order valence-corrected chi connectivity index (χ2v) is 10.1. The summed E-state index contributed by atoms with van der Waals surface area (Å²) >= 11 is 0. The van der Waals surface area contributed by atoms with Gasteiger partial charge < -0.3 is 39.1 Å². The number of benzene rings is 2. The molecule has 0 saturated heterocycles. The molecule has 1 heterocycles. The molecule has 240 valence electrons. The van der Waals surface area contributed by atoms with Gasteiger partial charge in [-0.2, -0.15) is 0 Å². The van der Waals surface area contributed by atoms with E-state index in [2.05, 4.69) is 15.6 Å². The van der Waals surface area contributed by atoms with Crippen LogP contribution in [-0.4, -0.2) is 64.4 Å². The number of nitrogens with one attached hydrogen (secondary N) is 2. The van der Waals surface area contributed by atoms with E-state index in [1.54, 1.807) is 59.3 Å². The molecule has 0 saturated carbocycles. The maximum atomic E-state index is 13.4. The predicted molar refractivity (Wildman–Crippen MR) is 167 cm³/mol. The summed E-state index contributed by atoms with van der Waals surface area (Å²) in [5, 5.41) is 5.53. The highest BCUT2D eigenvalue weighted by atomic mass is 16.6. The van der Waals surface area contributed by atoms with Crippen LogP contribution in [0.3, 0.4) is 0 Å². The molecule has 3 aromatic rings. The Balaban J connectivity index is 1.98. The normalized spacial score (nSPS) is 11.2. The van der Waals surface area contributed by atoms with E-state index in [1.807, 2.05) is 12.1 Å². The van der Waals surface area contributed by atoms with Gasteiger partial charge in [0.05, 0.1) is 41.5 Å². The molecule has 0 fully saturated rings. The van der Waals surface area contributed by atoms with Crippen molar-refractivity contribution >= 4 is 23.4 Å². The summed E-state index contributed by atoms with van der Waals surface area (Å²) in [5.41, 5.74) is 2.36. The topological polar surface area (TPSA) is 144 Å². The number of rotatable bonds is 13. The molecule has 2 amide bonds. The monoisotopic (exact) mass is 621 g/mol. The van der Waals surface area contributed by atoms with Crippen molar-refractivity contribution in [3.05, 3.63) is 71.2 Å².